The van der Waals surface area contributed by atoms with Crippen molar-refractivity contribution in [1.29, 1.82) is 0 Å². The Morgan fingerprint density at radius 1 is 1.00 bits per heavy atom. The molecule has 0 aromatic heterocycles. The molecule has 0 heterocycles. The lowest BCUT2D eigenvalue weighted by Gasteiger charge is -2.02. The van der Waals surface area contributed by atoms with Crippen molar-refractivity contribution in [3.05, 3.63) is 84.0 Å². The quantitative estimate of drug-likeness (QED) is 0.136. The molecule has 1 aromatic carbocycles. The van der Waals surface area contributed by atoms with E-state index < -0.39 is 16.9 Å². The number of non-ortho nitro benzene ring substituents is 1. The molecule has 11 heteroatoms. The first-order valence-electron chi connectivity index (χ1n) is 8.67. The van der Waals surface area contributed by atoms with E-state index in [4.69, 9.17) is 9.84 Å². The van der Waals surface area contributed by atoms with E-state index in [-0.39, 0.29) is 41.1 Å². The molecule has 2 amide bonds. The van der Waals surface area contributed by atoms with Crippen LogP contribution in [0.3, 0.4) is 0 Å². The van der Waals surface area contributed by atoms with E-state index in [1.54, 1.807) is 0 Å². The second kappa shape index (κ2) is 16.3. The molecule has 0 radical (unpaired) electrons. The van der Waals surface area contributed by atoms with E-state index in [0.717, 1.165) is 12.2 Å². The third-order valence-electron chi connectivity index (χ3n) is 2.87. The van der Waals surface area contributed by atoms with Gasteiger partial charge < -0.3 is 20.5 Å². The summed E-state index contributed by atoms with van der Waals surface area (Å²) in [5.41, 5.74) is 0.397. The summed E-state index contributed by atoms with van der Waals surface area (Å²) < 4.78 is 4.85. The maximum Gasteiger partial charge on any atom is 0.338 e. The van der Waals surface area contributed by atoms with Crippen molar-refractivity contribution >= 4 is 29.4 Å². The smallest absolute Gasteiger partial charge is 0.338 e. The summed E-state index contributed by atoms with van der Waals surface area (Å²) >= 11 is 0. The zero-order valence-corrected chi connectivity index (χ0v) is 17.8. The minimum absolute atomic E-state index is 0.0508. The molecule has 1 rings (SSSR count). The maximum atomic E-state index is 11.1. The average molecular weight is 447 g/mol. The van der Waals surface area contributed by atoms with E-state index in [1.165, 1.54) is 38.1 Å². The van der Waals surface area contributed by atoms with Crippen LogP contribution in [0.1, 0.15) is 13.8 Å². The molecule has 0 saturated carbocycles. The molecule has 0 bridgehead atoms. The summed E-state index contributed by atoms with van der Waals surface area (Å²) in [7, 11) is 0. The molecule has 0 saturated heterocycles. The molecule has 0 atom stereocenters. The van der Waals surface area contributed by atoms with Crippen LogP contribution in [0.2, 0.25) is 0 Å². The van der Waals surface area contributed by atoms with Crippen LogP contribution < -0.4 is 15.4 Å². The third-order valence-corrected chi connectivity index (χ3v) is 2.87. The van der Waals surface area contributed by atoms with Gasteiger partial charge in [-0.2, -0.15) is 0 Å². The standard InChI is InChI=1S/C10H9NO4.C7H10N2O2.C4H6O2/c1-7(2)10(12)15-9-5-3-8(4-6-9)11(13)14;1-3-6(10)8-5-9-7(11)4-2;1-3(2)4(5)6/h3-6H,1H2,2H3;3-4H,1-2,5H2,(H,8,10)(H,9,11);1H2,2H3,(H,5,6). The summed E-state index contributed by atoms with van der Waals surface area (Å²) in [4.78, 5) is 51.4. The number of aliphatic carboxylic acids is 1. The predicted octanol–water partition coefficient (Wildman–Crippen LogP) is 2.27. The first kappa shape index (κ1) is 29.7. The van der Waals surface area contributed by atoms with Crippen molar-refractivity contribution < 1.29 is 33.9 Å². The molecule has 0 aliphatic rings. The number of hydrogen-bond acceptors (Lipinski definition) is 7. The number of nitro benzene ring substituents is 1. The molecular formula is C21H25N3O8. The van der Waals surface area contributed by atoms with Gasteiger partial charge >= 0.3 is 11.9 Å². The number of carboxylic acid groups (broad SMARTS) is 1. The highest BCUT2D eigenvalue weighted by molar-refractivity contribution is 5.89. The van der Waals surface area contributed by atoms with Gasteiger partial charge in [0.15, 0.2) is 0 Å². The number of carboxylic acids is 1. The van der Waals surface area contributed by atoms with Crippen molar-refractivity contribution in [3.8, 4) is 5.75 Å². The van der Waals surface area contributed by atoms with Crippen molar-refractivity contribution in [2.24, 2.45) is 0 Å². The van der Waals surface area contributed by atoms with Gasteiger partial charge in [-0.25, -0.2) is 9.59 Å². The molecular weight excluding hydrogens is 422 g/mol. The predicted molar refractivity (Wildman–Crippen MR) is 118 cm³/mol. The Kier molecular flexibility index (Phi) is 15.1. The lowest BCUT2D eigenvalue weighted by atomic mass is 10.3. The van der Waals surface area contributed by atoms with Crippen molar-refractivity contribution in [3.63, 3.8) is 0 Å². The molecule has 11 nitrogen and oxygen atoms in total. The van der Waals surface area contributed by atoms with Gasteiger partial charge in [0, 0.05) is 23.3 Å². The lowest BCUT2D eigenvalue weighted by Crippen LogP contribution is -2.35. The minimum Gasteiger partial charge on any atom is -0.478 e. The second-order valence-electron chi connectivity index (χ2n) is 5.67. The average Bonchev–Trinajstić information content (AvgIpc) is 2.74. The van der Waals surface area contributed by atoms with Crippen LogP contribution in [-0.4, -0.2) is 40.5 Å². The van der Waals surface area contributed by atoms with Crippen molar-refractivity contribution in [2.75, 3.05) is 6.67 Å². The zero-order valence-electron chi connectivity index (χ0n) is 17.8. The van der Waals surface area contributed by atoms with E-state index >= 15 is 0 Å². The van der Waals surface area contributed by atoms with Gasteiger partial charge in [-0.15, -0.1) is 0 Å². The van der Waals surface area contributed by atoms with Crippen LogP contribution in [0.5, 0.6) is 5.75 Å². The highest BCUT2D eigenvalue weighted by Gasteiger charge is 2.08. The number of nitrogens with zero attached hydrogens (tertiary/aromatic N) is 1. The lowest BCUT2D eigenvalue weighted by molar-refractivity contribution is -0.384. The molecule has 0 unspecified atom stereocenters. The van der Waals surface area contributed by atoms with E-state index in [9.17, 15) is 29.3 Å². The van der Waals surface area contributed by atoms with Crippen LogP contribution in [-0.2, 0) is 19.2 Å². The first-order valence-corrected chi connectivity index (χ1v) is 8.67. The van der Waals surface area contributed by atoms with Gasteiger partial charge in [0.2, 0.25) is 11.8 Å². The second-order valence-corrected chi connectivity index (χ2v) is 5.67. The van der Waals surface area contributed by atoms with Gasteiger partial charge in [-0.05, 0) is 38.1 Å². The number of hydrogen-bond donors (Lipinski definition) is 3. The number of esters is 1. The van der Waals surface area contributed by atoms with Crippen LogP contribution in [0.15, 0.2) is 73.9 Å². The van der Waals surface area contributed by atoms with E-state index in [2.05, 4.69) is 36.9 Å². The Morgan fingerprint density at radius 2 is 1.41 bits per heavy atom. The van der Waals surface area contributed by atoms with Gasteiger partial charge in [-0.1, -0.05) is 26.3 Å². The van der Waals surface area contributed by atoms with Crippen LogP contribution >= 0.6 is 0 Å². The number of nitrogens with one attached hydrogen (secondary N) is 2. The molecule has 0 aliphatic carbocycles. The molecule has 3 N–H and O–H groups in total. The molecule has 0 spiro atoms. The van der Waals surface area contributed by atoms with Gasteiger partial charge in [0.05, 0.1) is 11.6 Å². The Hall–Kier alpha value is -4.54. The van der Waals surface area contributed by atoms with Crippen LogP contribution in [0.25, 0.3) is 0 Å². The molecule has 0 aliphatic heterocycles. The summed E-state index contributed by atoms with van der Waals surface area (Å²) in [6, 6.07) is 5.25. The van der Waals surface area contributed by atoms with Crippen LogP contribution in [0, 0.1) is 10.1 Å². The van der Waals surface area contributed by atoms with Gasteiger partial charge in [0.25, 0.3) is 5.69 Å². The molecule has 32 heavy (non-hydrogen) atoms. The van der Waals surface area contributed by atoms with Gasteiger partial charge in [-0.3, -0.25) is 19.7 Å². The molecule has 1 aromatic rings. The van der Waals surface area contributed by atoms with Crippen LogP contribution in [0.4, 0.5) is 5.69 Å². The number of carbonyl (C=O) groups is 4. The van der Waals surface area contributed by atoms with Crippen molar-refractivity contribution in [1.82, 2.24) is 10.6 Å². The molecule has 0 fully saturated rings. The topological polar surface area (TPSA) is 165 Å². The normalized spacial score (nSPS) is 8.56. The highest BCUT2D eigenvalue weighted by atomic mass is 16.6. The first-order chi connectivity index (χ1) is 14.8. The number of ether oxygens (including phenoxy) is 1. The monoisotopic (exact) mass is 447 g/mol. The molecule has 172 valence electrons. The SMILES string of the molecule is C=C(C)C(=O)O.C=C(C)C(=O)Oc1ccc([N+](=O)[O-])cc1.C=CC(=O)NCNC(=O)C=C. The van der Waals surface area contributed by atoms with Crippen molar-refractivity contribution in [2.45, 2.75) is 13.8 Å². The summed E-state index contributed by atoms with van der Waals surface area (Å²) in [6.45, 7) is 16.1. The summed E-state index contributed by atoms with van der Waals surface area (Å²) in [5.74, 6) is -1.88. The maximum absolute atomic E-state index is 11.1. The zero-order chi connectivity index (χ0) is 25.3. The third kappa shape index (κ3) is 15.4. The fourth-order valence-corrected chi connectivity index (χ4v) is 1.19. The number of rotatable bonds is 8. The largest absolute Gasteiger partial charge is 0.478 e. The Labute approximate surface area is 184 Å². The Bertz CT molecular complexity index is 857. The fourth-order valence-electron chi connectivity index (χ4n) is 1.19. The number of carbonyl (C=O) groups excluding carboxylic acids is 3. The van der Waals surface area contributed by atoms with Gasteiger partial charge in [0.1, 0.15) is 5.75 Å². The minimum atomic E-state index is -0.935. The fraction of sp³-hybridized carbons (Fsp3) is 0.143. The number of nitro groups is 1. The van der Waals surface area contributed by atoms with E-state index in [1.807, 2.05) is 0 Å². The Morgan fingerprint density at radius 3 is 1.69 bits per heavy atom. The Balaban J connectivity index is 0. The van der Waals surface area contributed by atoms with E-state index in [0.29, 0.717) is 0 Å². The number of benzene rings is 1. The summed E-state index contributed by atoms with van der Waals surface area (Å²) in [5, 5.41) is 22.9. The number of amides is 2. The summed E-state index contributed by atoms with van der Waals surface area (Å²) in [6.07, 6.45) is 2.25. The highest BCUT2D eigenvalue weighted by Crippen LogP contribution is 2.17.